The number of rotatable bonds is 2. The molecule has 2 aromatic rings. The van der Waals surface area contributed by atoms with Gasteiger partial charge in [0.1, 0.15) is 5.69 Å². The van der Waals surface area contributed by atoms with E-state index in [-0.39, 0.29) is 11.3 Å². The van der Waals surface area contributed by atoms with Gasteiger partial charge in [0.05, 0.1) is 5.69 Å². The molecule has 0 fully saturated rings. The lowest BCUT2D eigenvalue weighted by Gasteiger charge is -2.14. The summed E-state index contributed by atoms with van der Waals surface area (Å²) in [5.41, 5.74) is 1.32. The van der Waals surface area contributed by atoms with Crippen LogP contribution in [-0.2, 0) is 5.41 Å². The second kappa shape index (κ2) is 5.38. The van der Waals surface area contributed by atoms with E-state index in [4.69, 9.17) is 0 Å². The normalized spacial score (nSPS) is 11.4. The minimum atomic E-state index is -0.248. The van der Waals surface area contributed by atoms with E-state index in [0.29, 0.717) is 10.8 Å². The van der Waals surface area contributed by atoms with Crippen LogP contribution in [0.3, 0.4) is 0 Å². The molecule has 0 unspecified atom stereocenters. The van der Waals surface area contributed by atoms with Gasteiger partial charge in [0.2, 0.25) is 0 Å². The lowest BCUT2D eigenvalue weighted by molar-refractivity contribution is 0.102. The number of amides is 1. The van der Waals surface area contributed by atoms with Crippen LogP contribution in [0.5, 0.6) is 0 Å². The zero-order chi connectivity index (χ0) is 14.0. The molecule has 0 bridgehead atoms. The van der Waals surface area contributed by atoms with Gasteiger partial charge in [-0.1, -0.05) is 20.8 Å². The van der Waals surface area contributed by atoms with Crippen LogP contribution in [-0.4, -0.2) is 15.9 Å². The summed E-state index contributed by atoms with van der Waals surface area (Å²) in [6.07, 6.45) is 1.59. The second-order valence-electron chi connectivity index (χ2n) is 5.10. The molecule has 0 spiro atoms. The molecular formula is C13H14BrN3OS. The van der Waals surface area contributed by atoms with Crippen LogP contribution < -0.4 is 5.32 Å². The number of pyridine rings is 1. The fourth-order valence-electron chi connectivity index (χ4n) is 1.35. The average Bonchev–Trinajstić information content (AvgIpc) is 2.78. The van der Waals surface area contributed by atoms with Crippen LogP contribution in [0.2, 0.25) is 0 Å². The van der Waals surface area contributed by atoms with Crippen molar-refractivity contribution in [2.24, 2.45) is 0 Å². The lowest BCUT2D eigenvalue weighted by atomic mass is 9.93. The lowest BCUT2D eigenvalue weighted by Crippen LogP contribution is -2.15. The van der Waals surface area contributed by atoms with Gasteiger partial charge in [-0.05, 0) is 28.1 Å². The molecule has 1 N–H and O–H groups in total. The molecule has 0 atom stereocenters. The molecule has 0 aliphatic rings. The highest BCUT2D eigenvalue weighted by atomic mass is 79.9. The van der Waals surface area contributed by atoms with Crippen LogP contribution in [0.4, 0.5) is 5.13 Å². The second-order valence-corrected chi connectivity index (χ2v) is 6.88. The number of carbonyl (C=O) groups excluding carboxylic acids is 1. The Morgan fingerprint density at radius 2 is 2.11 bits per heavy atom. The van der Waals surface area contributed by atoms with Gasteiger partial charge in [-0.2, -0.15) is 0 Å². The standard InChI is InChI=1S/C13H14BrN3OS/c1-13(2,3)10-7-19-12(16-10)17-11(18)9-5-4-8(14)6-15-9/h4-7H,1-3H3,(H,16,17,18). The molecule has 2 heterocycles. The molecule has 1 amide bonds. The molecule has 0 aliphatic heterocycles. The molecule has 0 saturated heterocycles. The highest BCUT2D eigenvalue weighted by molar-refractivity contribution is 9.10. The summed E-state index contributed by atoms with van der Waals surface area (Å²) < 4.78 is 0.841. The maximum atomic E-state index is 12.0. The van der Waals surface area contributed by atoms with Crippen molar-refractivity contribution in [3.63, 3.8) is 0 Å². The Kier molecular flexibility index (Phi) is 4.01. The molecule has 4 nitrogen and oxygen atoms in total. The van der Waals surface area contributed by atoms with E-state index >= 15 is 0 Å². The maximum Gasteiger partial charge on any atom is 0.276 e. The molecular weight excluding hydrogens is 326 g/mol. The minimum absolute atomic E-state index is 0.0185. The highest BCUT2D eigenvalue weighted by Gasteiger charge is 2.18. The number of hydrogen-bond acceptors (Lipinski definition) is 4. The Labute approximate surface area is 124 Å². The van der Waals surface area contributed by atoms with Gasteiger partial charge < -0.3 is 0 Å². The summed E-state index contributed by atoms with van der Waals surface area (Å²) in [5, 5.41) is 5.32. The van der Waals surface area contributed by atoms with Gasteiger partial charge in [0.25, 0.3) is 5.91 Å². The number of halogens is 1. The van der Waals surface area contributed by atoms with Gasteiger partial charge >= 0.3 is 0 Å². The topological polar surface area (TPSA) is 54.9 Å². The van der Waals surface area contributed by atoms with E-state index in [9.17, 15) is 4.79 Å². The summed E-state index contributed by atoms with van der Waals surface area (Å²) in [5.74, 6) is -0.248. The van der Waals surface area contributed by atoms with Gasteiger partial charge in [-0.15, -0.1) is 11.3 Å². The van der Waals surface area contributed by atoms with Gasteiger partial charge in [-0.25, -0.2) is 9.97 Å². The van der Waals surface area contributed by atoms with Crippen LogP contribution >= 0.6 is 27.3 Å². The van der Waals surface area contributed by atoms with E-state index in [0.717, 1.165) is 10.2 Å². The van der Waals surface area contributed by atoms with Crippen molar-refractivity contribution >= 4 is 38.3 Å². The molecule has 0 saturated carbocycles. The van der Waals surface area contributed by atoms with Crippen LogP contribution in [0.25, 0.3) is 0 Å². The van der Waals surface area contributed by atoms with E-state index in [1.165, 1.54) is 11.3 Å². The maximum absolute atomic E-state index is 12.0. The van der Waals surface area contributed by atoms with Crippen molar-refractivity contribution in [1.29, 1.82) is 0 Å². The predicted octanol–water partition coefficient (Wildman–Crippen LogP) is 3.85. The monoisotopic (exact) mass is 339 g/mol. The van der Waals surface area contributed by atoms with Crippen molar-refractivity contribution in [3.8, 4) is 0 Å². The fourth-order valence-corrected chi connectivity index (χ4v) is 2.51. The van der Waals surface area contributed by atoms with Crippen molar-refractivity contribution in [2.45, 2.75) is 26.2 Å². The van der Waals surface area contributed by atoms with E-state index < -0.39 is 0 Å². The molecule has 0 radical (unpaired) electrons. The number of nitrogens with zero attached hydrogens (tertiary/aromatic N) is 2. The first-order chi connectivity index (χ1) is 8.86. The number of nitrogens with one attached hydrogen (secondary N) is 1. The first kappa shape index (κ1) is 14.1. The van der Waals surface area contributed by atoms with E-state index in [2.05, 4.69) is 52.0 Å². The summed E-state index contributed by atoms with van der Waals surface area (Å²) in [7, 11) is 0. The first-order valence-electron chi connectivity index (χ1n) is 5.75. The molecule has 0 aliphatic carbocycles. The van der Waals surface area contributed by atoms with Crippen molar-refractivity contribution < 1.29 is 4.79 Å². The minimum Gasteiger partial charge on any atom is -0.296 e. The van der Waals surface area contributed by atoms with Crippen molar-refractivity contribution in [2.75, 3.05) is 5.32 Å². The Hall–Kier alpha value is -1.27. The summed E-state index contributed by atoms with van der Waals surface area (Å²) >= 11 is 4.70. The third-order valence-electron chi connectivity index (χ3n) is 2.45. The quantitative estimate of drug-likeness (QED) is 0.903. The molecule has 19 heavy (non-hydrogen) atoms. The molecule has 0 aromatic carbocycles. The molecule has 100 valence electrons. The Morgan fingerprint density at radius 3 is 2.63 bits per heavy atom. The van der Waals surface area contributed by atoms with Crippen LogP contribution in [0, 0.1) is 0 Å². The fraction of sp³-hybridized carbons (Fsp3) is 0.308. The van der Waals surface area contributed by atoms with Crippen LogP contribution in [0.15, 0.2) is 28.2 Å². The average molecular weight is 340 g/mol. The molecule has 2 aromatic heterocycles. The first-order valence-corrected chi connectivity index (χ1v) is 7.42. The summed E-state index contributed by atoms with van der Waals surface area (Å²) in [6, 6.07) is 3.45. The van der Waals surface area contributed by atoms with Crippen molar-refractivity contribution in [3.05, 3.63) is 39.6 Å². The number of thiazole rings is 1. The summed E-state index contributed by atoms with van der Waals surface area (Å²) in [4.78, 5) is 20.4. The zero-order valence-electron chi connectivity index (χ0n) is 10.9. The highest BCUT2D eigenvalue weighted by Crippen LogP contribution is 2.26. The van der Waals surface area contributed by atoms with E-state index in [1.54, 1.807) is 18.3 Å². The number of carbonyl (C=O) groups is 1. The Balaban J connectivity index is 2.11. The van der Waals surface area contributed by atoms with Gasteiger partial charge in [0.15, 0.2) is 5.13 Å². The van der Waals surface area contributed by atoms with Gasteiger partial charge in [-0.3, -0.25) is 10.1 Å². The smallest absolute Gasteiger partial charge is 0.276 e. The SMILES string of the molecule is CC(C)(C)c1csc(NC(=O)c2ccc(Br)cn2)n1. The van der Waals surface area contributed by atoms with Crippen LogP contribution in [0.1, 0.15) is 37.0 Å². The number of hydrogen-bond donors (Lipinski definition) is 1. The van der Waals surface area contributed by atoms with Crippen molar-refractivity contribution in [1.82, 2.24) is 9.97 Å². The number of anilines is 1. The largest absolute Gasteiger partial charge is 0.296 e. The summed E-state index contributed by atoms with van der Waals surface area (Å²) in [6.45, 7) is 6.26. The molecule has 2 rings (SSSR count). The zero-order valence-corrected chi connectivity index (χ0v) is 13.3. The predicted molar refractivity (Wildman–Crippen MR) is 80.7 cm³/mol. The van der Waals surface area contributed by atoms with E-state index in [1.807, 2.05) is 5.38 Å². The third kappa shape index (κ3) is 3.61. The number of aromatic nitrogens is 2. The Morgan fingerprint density at radius 1 is 1.37 bits per heavy atom. The third-order valence-corrected chi connectivity index (χ3v) is 3.68. The van der Waals surface area contributed by atoms with Gasteiger partial charge in [0, 0.05) is 21.5 Å². The molecule has 6 heteroatoms. The Bertz CT molecular complexity index is 587.